The van der Waals surface area contributed by atoms with Crippen molar-refractivity contribution in [2.24, 2.45) is 0 Å². The van der Waals surface area contributed by atoms with Gasteiger partial charge in [-0.05, 0) is 12.1 Å². The molecule has 0 spiro atoms. The molecule has 1 aliphatic heterocycles. The SMILES string of the molecule is N#Cc1ccc(C(=O)CN2CCNC(=O)CC2)cc1. The highest BCUT2D eigenvalue weighted by atomic mass is 16.1. The third-order valence-corrected chi connectivity index (χ3v) is 3.11. The van der Waals surface area contributed by atoms with Crippen LogP contribution in [0.2, 0.25) is 0 Å². The number of nitrogens with zero attached hydrogens (tertiary/aromatic N) is 2. The lowest BCUT2D eigenvalue weighted by Gasteiger charge is -2.17. The van der Waals surface area contributed by atoms with Gasteiger partial charge in [0.15, 0.2) is 5.78 Å². The van der Waals surface area contributed by atoms with Gasteiger partial charge in [-0.2, -0.15) is 5.26 Å². The Hall–Kier alpha value is -2.19. The summed E-state index contributed by atoms with van der Waals surface area (Å²) < 4.78 is 0. The maximum absolute atomic E-state index is 12.1. The zero-order valence-corrected chi connectivity index (χ0v) is 10.6. The Morgan fingerprint density at radius 1 is 1.32 bits per heavy atom. The highest BCUT2D eigenvalue weighted by molar-refractivity contribution is 5.97. The van der Waals surface area contributed by atoms with Gasteiger partial charge in [-0.25, -0.2) is 0 Å². The van der Waals surface area contributed by atoms with Crippen molar-refractivity contribution in [1.82, 2.24) is 10.2 Å². The first-order valence-corrected chi connectivity index (χ1v) is 6.21. The van der Waals surface area contributed by atoms with Gasteiger partial charge in [0.05, 0.1) is 18.2 Å². The quantitative estimate of drug-likeness (QED) is 0.803. The molecule has 1 fully saturated rings. The van der Waals surface area contributed by atoms with Crippen LogP contribution in [0.25, 0.3) is 0 Å². The zero-order valence-electron chi connectivity index (χ0n) is 10.6. The van der Waals surface area contributed by atoms with E-state index in [1.807, 2.05) is 11.0 Å². The molecule has 0 saturated carbocycles. The molecule has 5 nitrogen and oxygen atoms in total. The molecular formula is C14H15N3O2. The lowest BCUT2D eigenvalue weighted by atomic mass is 10.1. The minimum atomic E-state index is 0.0128. The number of benzene rings is 1. The Bertz CT molecular complexity index is 516. The van der Waals surface area contributed by atoms with Gasteiger partial charge >= 0.3 is 0 Å². The Kier molecular flexibility index (Phi) is 4.26. The lowest BCUT2D eigenvalue weighted by molar-refractivity contribution is -0.120. The van der Waals surface area contributed by atoms with E-state index in [1.54, 1.807) is 24.3 Å². The average Bonchev–Trinajstić information content (AvgIpc) is 2.64. The topological polar surface area (TPSA) is 73.2 Å². The predicted octanol–water partition coefficient (Wildman–Crippen LogP) is 0.563. The number of ketones is 1. The molecular weight excluding hydrogens is 242 g/mol. The summed E-state index contributed by atoms with van der Waals surface area (Å²) in [6.07, 6.45) is 0.431. The average molecular weight is 257 g/mol. The van der Waals surface area contributed by atoms with Gasteiger partial charge < -0.3 is 5.32 Å². The molecule has 0 radical (unpaired) electrons. The van der Waals surface area contributed by atoms with E-state index in [-0.39, 0.29) is 11.7 Å². The monoisotopic (exact) mass is 257 g/mol. The molecule has 0 aliphatic carbocycles. The summed E-state index contributed by atoms with van der Waals surface area (Å²) in [5.41, 5.74) is 1.14. The van der Waals surface area contributed by atoms with Crippen molar-refractivity contribution in [1.29, 1.82) is 5.26 Å². The minimum absolute atomic E-state index is 0.0128. The summed E-state index contributed by atoms with van der Waals surface area (Å²) in [6.45, 7) is 2.18. The minimum Gasteiger partial charge on any atom is -0.355 e. The van der Waals surface area contributed by atoms with Gasteiger partial charge in [-0.3, -0.25) is 14.5 Å². The summed E-state index contributed by atoms with van der Waals surface area (Å²) in [5.74, 6) is 0.0483. The summed E-state index contributed by atoms with van der Waals surface area (Å²) in [5, 5.41) is 11.5. The standard InChI is InChI=1S/C14H15N3O2/c15-9-11-1-3-12(4-2-11)13(18)10-17-7-5-14(19)16-6-8-17/h1-4H,5-8,10H2,(H,16,19). The number of nitrogens with one attached hydrogen (secondary N) is 1. The second-order valence-corrected chi connectivity index (χ2v) is 4.49. The first-order chi connectivity index (χ1) is 9.19. The fourth-order valence-electron chi connectivity index (χ4n) is 2.00. The van der Waals surface area contributed by atoms with Crippen LogP contribution in [0.1, 0.15) is 22.3 Å². The van der Waals surface area contributed by atoms with Crippen LogP contribution >= 0.6 is 0 Å². The Balaban J connectivity index is 1.96. The number of rotatable bonds is 3. The summed E-state index contributed by atoms with van der Waals surface area (Å²) in [7, 11) is 0. The predicted molar refractivity (Wildman–Crippen MR) is 69.6 cm³/mol. The number of Topliss-reactive ketones (excluding diaryl/α,β-unsaturated/α-hetero) is 1. The molecule has 0 aromatic heterocycles. The number of carbonyl (C=O) groups is 2. The Morgan fingerprint density at radius 3 is 2.74 bits per heavy atom. The van der Waals surface area contributed by atoms with Gasteiger partial charge in [-0.15, -0.1) is 0 Å². The molecule has 19 heavy (non-hydrogen) atoms. The van der Waals surface area contributed by atoms with Gasteiger partial charge in [-0.1, -0.05) is 12.1 Å². The molecule has 5 heteroatoms. The summed E-state index contributed by atoms with van der Waals surface area (Å²) in [4.78, 5) is 25.2. The van der Waals surface area contributed by atoms with Crippen molar-refractivity contribution < 1.29 is 9.59 Å². The van der Waals surface area contributed by atoms with Crippen LogP contribution in [0.4, 0.5) is 0 Å². The number of carbonyl (C=O) groups excluding carboxylic acids is 2. The largest absolute Gasteiger partial charge is 0.355 e. The first kappa shape index (κ1) is 13.2. The van der Waals surface area contributed by atoms with E-state index in [0.717, 1.165) is 0 Å². The van der Waals surface area contributed by atoms with Crippen LogP contribution in [-0.4, -0.2) is 42.8 Å². The molecule has 0 atom stereocenters. The van der Waals surface area contributed by atoms with Crippen LogP contribution in [0, 0.1) is 11.3 Å². The molecule has 1 heterocycles. The van der Waals surface area contributed by atoms with E-state index in [2.05, 4.69) is 5.32 Å². The second kappa shape index (κ2) is 6.12. The highest BCUT2D eigenvalue weighted by Gasteiger charge is 2.16. The highest BCUT2D eigenvalue weighted by Crippen LogP contribution is 2.06. The number of hydrogen-bond donors (Lipinski definition) is 1. The van der Waals surface area contributed by atoms with Gasteiger partial charge in [0, 0.05) is 31.6 Å². The van der Waals surface area contributed by atoms with E-state index >= 15 is 0 Å². The van der Waals surface area contributed by atoms with E-state index in [4.69, 9.17) is 5.26 Å². The molecule has 98 valence electrons. The van der Waals surface area contributed by atoms with Crippen LogP contribution in [0.15, 0.2) is 24.3 Å². The van der Waals surface area contributed by atoms with Crippen molar-refractivity contribution in [2.75, 3.05) is 26.2 Å². The molecule has 0 unspecified atom stereocenters. The van der Waals surface area contributed by atoms with Crippen LogP contribution < -0.4 is 5.32 Å². The number of nitriles is 1. The molecule has 1 saturated heterocycles. The Morgan fingerprint density at radius 2 is 2.05 bits per heavy atom. The van der Waals surface area contributed by atoms with E-state index < -0.39 is 0 Å². The van der Waals surface area contributed by atoms with Crippen LogP contribution in [-0.2, 0) is 4.79 Å². The van der Waals surface area contributed by atoms with E-state index in [1.165, 1.54) is 0 Å². The molecule has 0 bridgehead atoms. The van der Waals surface area contributed by atoms with Crippen LogP contribution in [0.5, 0.6) is 0 Å². The molecule has 1 aliphatic rings. The van der Waals surface area contributed by atoms with Gasteiger partial charge in [0.1, 0.15) is 0 Å². The maximum Gasteiger partial charge on any atom is 0.221 e. The van der Waals surface area contributed by atoms with E-state index in [0.29, 0.717) is 43.7 Å². The zero-order chi connectivity index (χ0) is 13.7. The molecule has 1 amide bonds. The Labute approximate surface area is 111 Å². The first-order valence-electron chi connectivity index (χ1n) is 6.21. The maximum atomic E-state index is 12.1. The number of hydrogen-bond acceptors (Lipinski definition) is 4. The molecule has 1 N–H and O–H groups in total. The third-order valence-electron chi connectivity index (χ3n) is 3.11. The van der Waals surface area contributed by atoms with E-state index in [9.17, 15) is 9.59 Å². The lowest BCUT2D eigenvalue weighted by Crippen LogP contribution is -2.33. The number of amides is 1. The summed E-state index contributed by atoms with van der Waals surface area (Å²) >= 11 is 0. The molecule has 1 aromatic rings. The molecule has 2 rings (SSSR count). The van der Waals surface area contributed by atoms with Crippen molar-refractivity contribution in [2.45, 2.75) is 6.42 Å². The van der Waals surface area contributed by atoms with Crippen molar-refractivity contribution >= 4 is 11.7 Å². The van der Waals surface area contributed by atoms with Gasteiger partial charge in [0.25, 0.3) is 0 Å². The van der Waals surface area contributed by atoms with Crippen LogP contribution in [0.3, 0.4) is 0 Å². The van der Waals surface area contributed by atoms with Gasteiger partial charge in [0.2, 0.25) is 5.91 Å². The van der Waals surface area contributed by atoms with Crippen molar-refractivity contribution in [3.8, 4) is 6.07 Å². The fourth-order valence-corrected chi connectivity index (χ4v) is 2.00. The fraction of sp³-hybridized carbons (Fsp3) is 0.357. The second-order valence-electron chi connectivity index (χ2n) is 4.49. The van der Waals surface area contributed by atoms with Crippen molar-refractivity contribution in [3.05, 3.63) is 35.4 Å². The normalized spacial score (nSPS) is 16.3. The summed E-state index contributed by atoms with van der Waals surface area (Å²) in [6, 6.07) is 8.64. The smallest absolute Gasteiger partial charge is 0.221 e. The van der Waals surface area contributed by atoms with Crippen molar-refractivity contribution in [3.63, 3.8) is 0 Å². The molecule has 1 aromatic carbocycles. The third kappa shape index (κ3) is 3.63.